The second-order valence-electron chi connectivity index (χ2n) is 5.41. The minimum absolute atomic E-state index is 0.0131. The molecule has 2 rings (SSSR count). The van der Waals surface area contributed by atoms with E-state index in [1.165, 1.54) is 12.1 Å². The number of amides is 1. The molecule has 0 spiro atoms. The van der Waals surface area contributed by atoms with E-state index in [4.69, 9.17) is 4.74 Å². The molecule has 26 heavy (non-hydrogen) atoms. The summed E-state index contributed by atoms with van der Waals surface area (Å²) in [5.41, 5.74) is 0.0747. The molecule has 0 aromatic heterocycles. The molecule has 2 aromatic rings. The van der Waals surface area contributed by atoms with Gasteiger partial charge in [0.05, 0.1) is 5.56 Å². The van der Waals surface area contributed by atoms with Gasteiger partial charge in [0.2, 0.25) is 0 Å². The molecule has 4 nitrogen and oxygen atoms in total. The van der Waals surface area contributed by atoms with Crippen molar-refractivity contribution in [1.82, 2.24) is 0 Å². The number of hydrogen-bond acceptors (Lipinski definition) is 3. The zero-order valence-electron chi connectivity index (χ0n) is 13.5. The number of esters is 1. The average Bonchev–Trinajstić information content (AvgIpc) is 2.59. The highest BCUT2D eigenvalue weighted by molar-refractivity contribution is 5.92. The molecule has 0 radical (unpaired) electrons. The van der Waals surface area contributed by atoms with Crippen LogP contribution in [-0.2, 0) is 26.9 Å². The lowest BCUT2D eigenvalue weighted by Crippen LogP contribution is -2.21. The predicted octanol–water partition coefficient (Wildman–Crippen LogP) is 3.96. The number of benzene rings is 2. The smallest absolute Gasteiger partial charge is 0.416 e. The molecule has 0 heterocycles. The van der Waals surface area contributed by atoms with Gasteiger partial charge in [-0.05, 0) is 48.4 Å². The van der Waals surface area contributed by atoms with Gasteiger partial charge in [-0.1, -0.05) is 12.1 Å². The molecule has 0 aliphatic heterocycles. The highest BCUT2D eigenvalue weighted by Crippen LogP contribution is 2.29. The van der Waals surface area contributed by atoms with Crippen molar-refractivity contribution in [3.63, 3.8) is 0 Å². The monoisotopic (exact) mass is 369 g/mol. The van der Waals surface area contributed by atoms with Crippen molar-refractivity contribution >= 4 is 17.6 Å². The summed E-state index contributed by atoms with van der Waals surface area (Å²) in [5, 5.41) is 2.33. The molecule has 0 aliphatic carbocycles. The Morgan fingerprint density at radius 2 is 1.58 bits per heavy atom. The van der Waals surface area contributed by atoms with E-state index in [2.05, 4.69) is 5.32 Å². The van der Waals surface area contributed by atoms with Crippen LogP contribution in [0.25, 0.3) is 0 Å². The van der Waals surface area contributed by atoms with Gasteiger partial charge in [0, 0.05) is 12.1 Å². The standard InChI is InChI=1S/C18H15F4NO3/c19-14-6-1-12(2-7-14)3-10-17(25)26-11-16(24)23-15-8-4-13(5-9-15)18(20,21)22/h1-2,4-9H,3,10-11H2,(H,23,24). The number of nitrogens with one attached hydrogen (secondary N) is 1. The maximum Gasteiger partial charge on any atom is 0.416 e. The Bertz CT molecular complexity index is 756. The highest BCUT2D eigenvalue weighted by atomic mass is 19.4. The van der Waals surface area contributed by atoms with E-state index in [0.29, 0.717) is 6.42 Å². The Kier molecular flexibility index (Phi) is 6.32. The van der Waals surface area contributed by atoms with Crippen LogP contribution >= 0.6 is 0 Å². The van der Waals surface area contributed by atoms with Crippen molar-refractivity contribution in [1.29, 1.82) is 0 Å². The van der Waals surface area contributed by atoms with Crippen LogP contribution < -0.4 is 5.32 Å². The fourth-order valence-corrected chi connectivity index (χ4v) is 2.06. The Balaban J connectivity index is 1.74. The molecule has 0 unspecified atom stereocenters. The van der Waals surface area contributed by atoms with Crippen molar-refractivity contribution in [2.45, 2.75) is 19.0 Å². The summed E-state index contributed by atoms with van der Waals surface area (Å²) in [7, 11) is 0. The maximum absolute atomic E-state index is 12.8. The number of carbonyl (C=O) groups is 2. The Labute approximate surface area is 146 Å². The van der Waals surface area contributed by atoms with Gasteiger partial charge in [-0.3, -0.25) is 9.59 Å². The molecule has 138 valence electrons. The lowest BCUT2D eigenvalue weighted by atomic mass is 10.1. The number of rotatable bonds is 6. The van der Waals surface area contributed by atoms with Gasteiger partial charge in [0.15, 0.2) is 6.61 Å². The predicted molar refractivity (Wildman–Crippen MR) is 85.8 cm³/mol. The van der Waals surface area contributed by atoms with Crippen LogP contribution in [0.5, 0.6) is 0 Å². The first-order chi connectivity index (χ1) is 12.2. The summed E-state index contributed by atoms with van der Waals surface area (Å²) in [5.74, 6) is -1.66. The van der Waals surface area contributed by atoms with E-state index < -0.39 is 30.2 Å². The SMILES string of the molecule is O=C(COC(=O)CCc1ccc(F)cc1)Nc1ccc(C(F)(F)F)cc1. The van der Waals surface area contributed by atoms with Gasteiger partial charge in [0.1, 0.15) is 5.82 Å². The van der Waals surface area contributed by atoms with Crippen LogP contribution in [0.3, 0.4) is 0 Å². The fraction of sp³-hybridized carbons (Fsp3) is 0.222. The van der Waals surface area contributed by atoms with Gasteiger partial charge < -0.3 is 10.1 Å². The number of halogens is 4. The third-order valence-electron chi connectivity index (χ3n) is 3.39. The summed E-state index contributed by atoms with van der Waals surface area (Å²) in [6, 6.07) is 9.53. The summed E-state index contributed by atoms with van der Waals surface area (Å²) < 4.78 is 54.9. The molecule has 1 N–H and O–H groups in total. The molecule has 8 heteroatoms. The number of ether oxygens (including phenoxy) is 1. The largest absolute Gasteiger partial charge is 0.456 e. The summed E-state index contributed by atoms with van der Waals surface area (Å²) in [4.78, 5) is 23.3. The van der Waals surface area contributed by atoms with Crippen LogP contribution in [0, 0.1) is 5.82 Å². The molecule has 0 aliphatic rings. The third kappa shape index (κ3) is 6.19. The minimum Gasteiger partial charge on any atom is -0.456 e. The topological polar surface area (TPSA) is 55.4 Å². The zero-order valence-corrected chi connectivity index (χ0v) is 13.5. The Hall–Kier alpha value is -2.90. The highest BCUT2D eigenvalue weighted by Gasteiger charge is 2.29. The van der Waals surface area contributed by atoms with E-state index in [1.54, 1.807) is 12.1 Å². The fourth-order valence-electron chi connectivity index (χ4n) is 2.06. The van der Waals surface area contributed by atoms with E-state index in [1.807, 2.05) is 0 Å². The minimum atomic E-state index is -4.46. The van der Waals surface area contributed by atoms with E-state index in [0.717, 1.165) is 29.8 Å². The third-order valence-corrected chi connectivity index (χ3v) is 3.39. The average molecular weight is 369 g/mol. The molecule has 0 bridgehead atoms. The number of hydrogen-bond donors (Lipinski definition) is 1. The van der Waals surface area contributed by atoms with E-state index in [-0.39, 0.29) is 17.9 Å². The van der Waals surface area contributed by atoms with E-state index in [9.17, 15) is 27.2 Å². The van der Waals surface area contributed by atoms with Gasteiger partial charge in [-0.15, -0.1) is 0 Å². The van der Waals surface area contributed by atoms with Crippen LogP contribution in [0.2, 0.25) is 0 Å². The lowest BCUT2D eigenvalue weighted by molar-refractivity contribution is -0.147. The van der Waals surface area contributed by atoms with Crippen LogP contribution in [0.15, 0.2) is 48.5 Å². The first kappa shape index (κ1) is 19.4. The molecule has 0 saturated carbocycles. The molecule has 0 atom stereocenters. The zero-order chi connectivity index (χ0) is 19.2. The van der Waals surface area contributed by atoms with Gasteiger partial charge in [-0.2, -0.15) is 13.2 Å². The molecule has 0 saturated heterocycles. The van der Waals surface area contributed by atoms with Crippen molar-refractivity contribution in [3.05, 3.63) is 65.5 Å². The first-order valence-electron chi connectivity index (χ1n) is 7.61. The Morgan fingerprint density at radius 3 is 2.15 bits per heavy atom. The van der Waals surface area contributed by atoms with Crippen LogP contribution in [-0.4, -0.2) is 18.5 Å². The maximum atomic E-state index is 12.8. The molecular formula is C18H15F4NO3. The molecule has 2 aromatic carbocycles. The van der Waals surface area contributed by atoms with Gasteiger partial charge >= 0.3 is 12.1 Å². The van der Waals surface area contributed by atoms with Crippen molar-refractivity contribution in [2.24, 2.45) is 0 Å². The summed E-state index contributed by atoms with van der Waals surface area (Å²) >= 11 is 0. The van der Waals surface area contributed by atoms with Crippen molar-refractivity contribution < 1.29 is 31.9 Å². The van der Waals surface area contributed by atoms with Gasteiger partial charge in [0.25, 0.3) is 5.91 Å². The number of carbonyl (C=O) groups excluding carboxylic acids is 2. The number of anilines is 1. The molecule has 0 fully saturated rings. The van der Waals surface area contributed by atoms with Gasteiger partial charge in [-0.25, -0.2) is 4.39 Å². The first-order valence-corrected chi connectivity index (χ1v) is 7.61. The van der Waals surface area contributed by atoms with Crippen LogP contribution in [0.4, 0.5) is 23.2 Å². The molecular weight excluding hydrogens is 354 g/mol. The normalized spacial score (nSPS) is 11.1. The number of alkyl halides is 3. The summed E-state index contributed by atoms with van der Waals surface area (Å²) in [6.45, 7) is -0.552. The molecule has 1 amide bonds. The second-order valence-corrected chi connectivity index (χ2v) is 5.41. The number of aryl methyl sites for hydroxylation is 1. The second kappa shape index (κ2) is 8.46. The quantitative estimate of drug-likeness (QED) is 0.620. The van der Waals surface area contributed by atoms with Crippen molar-refractivity contribution in [2.75, 3.05) is 11.9 Å². The van der Waals surface area contributed by atoms with Crippen molar-refractivity contribution in [3.8, 4) is 0 Å². The van der Waals surface area contributed by atoms with E-state index >= 15 is 0 Å². The Morgan fingerprint density at radius 1 is 0.962 bits per heavy atom. The summed E-state index contributed by atoms with van der Waals surface area (Å²) in [6.07, 6.45) is -4.11. The lowest BCUT2D eigenvalue weighted by Gasteiger charge is -2.09. The van der Waals surface area contributed by atoms with Crippen LogP contribution in [0.1, 0.15) is 17.5 Å².